The quantitative estimate of drug-likeness (QED) is 0.326. The van der Waals surface area contributed by atoms with E-state index in [4.69, 9.17) is 14.2 Å². The zero-order valence-corrected chi connectivity index (χ0v) is 33.5. The van der Waals surface area contributed by atoms with E-state index in [9.17, 15) is 27.6 Å². The monoisotopic (exact) mass is 782 g/mol. The number of allylic oxidation sites excluding steroid dienone is 1. The summed E-state index contributed by atoms with van der Waals surface area (Å²) in [4.78, 5) is 57.8. The molecule has 6 rings (SSSR count). The Morgan fingerprint density at radius 2 is 1.73 bits per heavy atom. The Bertz CT molecular complexity index is 1960. The summed E-state index contributed by atoms with van der Waals surface area (Å²) in [5, 5.41) is 15.5. The van der Waals surface area contributed by atoms with E-state index in [0.717, 1.165) is 6.42 Å². The topological polar surface area (TPSA) is 195 Å². The lowest BCUT2D eigenvalue weighted by atomic mass is 9.88. The number of rotatable bonds is 8. The van der Waals surface area contributed by atoms with Crippen molar-refractivity contribution in [1.29, 1.82) is 0 Å². The van der Waals surface area contributed by atoms with Gasteiger partial charge in [-0.2, -0.15) is 0 Å². The number of aromatic nitrogens is 2. The molecular weight excluding hydrogens is 729 g/mol. The number of nitrogens with zero attached hydrogens (tertiary/aromatic N) is 3. The Labute approximate surface area is 322 Å². The fourth-order valence-corrected chi connectivity index (χ4v) is 8.89. The molecule has 0 unspecified atom stereocenters. The Morgan fingerprint density at radius 3 is 2.38 bits per heavy atom. The molecule has 7 atom stereocenters. The van der Waals surface area contributed by atoms with Gasteiger partial charge in [0.15, 0.2) is 0 Å². The highest BCUT2D eigenvalue weighted by Gasteiger charge is 2.63. The van der Waals surface area contributed by atoms with Crippen LogP contribution in [-0.2, 0) is 29.1 Å². The molecule has 16 heteroatoms. The Hall–Kier alpha value is -4.47. The van der Waals surface area contributed by atoms with Crippen molar-refractivity contribution in [3.8, 4) is 11.8 Å². The SMILES string of the molecule is CCOc1nnc(O[C@@H]2C[C@H]3C(=O)N[C@]4(C(=O)NS(=O)(=O)C5(C)CC5)C[C@H]4/C=C\CC[C@H](C)C[C@@H](C)[C@H](NC(=O)OC(C)(C)C)C(=O)N3C2)c2ccccc12. The molecule has 2 aliphatic carbocycles. The first-order valence-electron chi connectivity index (χ1n) is 19.3. The van der Waals surface area contributed by atoms with E-state index in [1.165, 1.54) is 4.90 Å². The molecule has 2 aliphatic heterocycles. The lowest BCUT2D eigenvalue weighted by molar-refractivity contribution is -0.142. The van der Waals surface area contributed by atoms with Crippen LogP contribution < -0.4 is 24.8 Å². The molecule has 1 saturated heterocycles. The summed E-state index contributed by atoms with van der Waals surface area (Å²) in [6, 6.07) is 5.11. The smallest absolute Gasteiger partial charge is 0.408 e. The predicted molar refractivity (Wildman–Crippen MR) is 203 cm³/mol. The molecule has 2 aromatic rings. The zero-order valence-electron chi connectivity index (χ0n) is 32.7. The molecule has 4 amide bonds. The van der Waals surface area contributed by atoms with E-state index in [2.05, 4.69) is 32.5 Å². The largest absolute Gasteiger partial charge is 0.476 e. The summed E-state index contributed by atoms with van der Waals surface area (Å²) in [7, 11) is -4.00. The number of carbonyl (C=O) groups is 4. The molecule has 55 heavy (non-hydrogen) atoms. The summed E-state index contributed by atoms with van der Waals surface area (Å²) in [5.41, 5.74) is -2.37. The highest BCUT2D eigenvalue weighted by atomic mass is 32.2. The molecule has 0 spiro atoms. The highest BCUT2D eigenvalue weighted by molar-refractivity contribution is 7.91. The van der Waals surface area contributed by atoms with Gasteiger partial charge in [-0.25, -0.2) is 13.2 Å². The second-order valence-corrected chi connectivity index (χ2v) is 19.1. The van der Waals surface area contributed by atoms with Crippen LogP contribution in [0.15, 0.2) is 36.4 Å². The molecule has 3 N–H and O–H groups in total. The average molecular weight is 783 g/mol. The molecule has 300 valence electrons. The first-order valence-corrected chi connectivity index (χ1v) is 20.7. The highest BCUT2D eigenvalue weighted by Crippen LogP contribution is 2.47. The van der Waals surface area contributed by atoms with Gasteiger partial charge in [-0.05, 0) is 97.1 Å². The lowest BCUT2D eigenvalue weighted by Crippen LogP contribution is -2.59. The van der Waals surface area contributed by atoms with E-state index in [-0.39, 0.29) is 37.1 Å². The van der Waals surface area contributed by atoms with Crippen molar-refractivity contribution in [3.63, 3.8) is 0 Å². The predicted octanol–water partition coefficient (Wildman–Crippen LogP) is 4.16. The van der Waals surface area contributed by atoms with Crippen molar-refractivity contribution in [3.05, 3.63) is 36.4 Å². The minimum atomic E-state index is -4.00. The summed E-state index contributed by atoms with van der Waals surface area (Å²) < 4.78 is 45.3. The number of carbonyl (C=O) groups excluding carboxylic acids is 4. The van der Waals surface area contributed by atoms with Gasteiger partial charge in [-0.3, -0.25) is 19.1 Å². The van der Waals surface area contributed by atoms with Gasteiger partial charge in [0, 0.05) is 12.3 Å². The van der Waals surface area contributed by atoms with E-state index >= 15 is 0 Å². The number of alkyl carbamates (subject to hydrolysis) is 1. The molecule has 15 nitrogen and oxygen atoms in total. The first-order chi connectivity index (χ1) is 25.9. The van der Waals surface area contributed by atoms with Crippen LogP contribution >= 0.6 is 0 Å². The van der Waals surface area contributed by atoms with Gasteiger partial charge in [0.1, 0.15) is 29.3 Å². The van der Waals surface area contributed by atoms with Crippen molar-refractivity contribution in [2.24, 2.45) is 17.8 Å². The van der Waals surface area contributed by atoms with Crippen molar-refractivity contribution in [2.45, 2.75) is 127 Å². The number of ether oxygens (including phenoxy) is 3. The van der Waals surface area contributed by atoms with Gasteiger partial charge in [-0.1, -0.05) is 38.1 Å². The second-order valence-electron chi connectivity index (χ2n) is 16.9. The molecule has 4 aliphatic rings. The molecule has 2 saturated carbocycles. The maximum atomic E-state index is 14.8. The standard InChI is InChI=1S/C39H54N6O9S/c1-8-52-32-27-15-11-12-16-28(27)33(43-42-32)53-26-20-29-31(46)41-39(35(48)44-55(50,51)38(7)17-18-38)21-25(39)14-10-9-13-23(2)19-24(3)30(34(47)45(29)22-26)40-36(49)54-37(4,5)6/h10-12,14-16,23-26,29-30H,8-9,13,17-22H2,1-7H3,(H,40,49)(H,41,46)(H,44,48)/b14-10-/t23-,24+,25+,26+,29-,30-,39+/m0/s1. The minimum Gasteiger partial charge on any atom is -0.476 e. The zero-order chi connectivity index (χ0) is 39.9. The number of sulfonamides is 1. The van der Waals surface area contributed by atoms with Gasteiger partial charge < -0.3 is 29.7 Å². The van der Waals surface area contributed by atoms with Crippen molar-refractivity contribution >= 4 is 44.6 Å². The molecule has 1 aromatic carbocycles. The molecule has 1 aromatic heterocycles. The lowest BCUT2D eigenvalue weighted by Gasteiger charge is -2.33. The molecular formula is C39H54N6O9S. The summed E-state index contributed by atoms with van der Waals surface area (Å²) in [5.74, 6) is -2.10. The first kappa shape index (κ1) is 40.2. The normalized spacial score (nSPS) is 30.1. The van der Waals surface area contributed by atoms with E-state index in [1.807, 2.05) is 50.3 Å². The number of nitrogens with one attached hydrogen (secondary N) is 3. The van der Waals surface area contributed by atoms with Crippen LogP contribution in [0.3, 0.4) is 0 Å². The van der Waals surface area contributed by atoms with Gasteiger partial charge in [-0.15, -0.1) is 10.2 Å². The van der Waals surface area contributed by atoms with Crippen molar-refractivity contribution < 1.29 is 41.8 Å². The van der Waals surface area contributed by atoms with Crippen LogP contribution in [0.2, 0.25) is 0 Å². The third kappa shape index (κ3) is 8.68. The Kier molecular flexibility index (Phi) is 11.1. The van der Waals surface area contributed by atoms with Crippen LogP contribution in [0.1, 0.15) is 93.4 Å². The van der Waals surface area contributed by atoms with Crippen LogP contribution in [0, 0.1) is 17.8 Å². The summed E-state index contributed by atoms with van der Waals surface area (Å²) in [6.45, 7) is 12.9. The number of benzene rings is 1. The fraction of sp³-hybridized carbons (Fsp3) is 0.641. The molecule has 3 heterocycles. The second kappa shape index (κ2) is 15.2. The summed E-state index contributed by atoms with van der Waals surface area (Å²) in [6.07, 6.45) is 5.40. The third-order valence-electron chi connectivity index (χ3n) is 11.1. The number of amides is 4. The van der Waals surface area contributed by atoms with Gasteiger partial charge >= 0.3 is 6.09 Å². The van der Waals surface area contributed by atoms with Crippen LogP contribution in [0.5, 0.6) is 11.8 Å². The van der Waals surface area contributed by atoms with Gasteiger partial charge in [0.25, 0.3) is 5.91 Å². The van der Waals surface area contributed by atoms with Crippen molar-refractivity contribution in [2.75, 3.05) is 13.2 Å². The van der Waals surface area contributed by atoms with Gasteiger partial charge in [0.2, 0.25) is 33.6 Å². The molecule has 0 radical (unpaired) electrons. The number of fused-ring (bicyclic) bond motifs is 3. The van der Waals surface area contributed by atoms with E-state index in [0.29, 0.717) is 48.9 Å². The maximum Gasteiger partial charge on any atom is 0.408 e. The van der Waals surface area contributed by atoms with E-state index < -0.39 is 73.8 Å². The van der Waals surface area contributed by atoms with Gasteiger partial charge in [0.05, 0.1) is 28.7 Å². The molecule has 0 bridgehead atoms. The minimum absolute atomic E-state index is 0.0132. The maximum absolute atomic E-state index is 14.8. The molecule has 3 fully saturated rings. The van der Waals surface area contributed by atoms with Crippen LogP contribution in [0.4, 0.5) is 4.79 Å². The van der Waals surface area contributed by atoms with Crippen LogP contribution in [0.25, 0.3) is 10.8 Å². The summed E-state index contributed by atoms with van der Waals surface area (Å²) >= 11 is 0. The van der Waals surface area contributed by atoms with Crippen molar-refractivity contribution in [1.82, 2.24) is 30.5 Å². The third-order valence-corrected chi connectivity index (χ3v) is 13.3. The number of hydrogen-bond donors (Lipinski definition) is 3. The Morgan fingerprint density at radius 1 is 1.05 bits per heavy atom. The number of hydrogen-bond acceptors (Lipinski definition) is 11. The average Bonchev–Trinajstić information content (AvgIpc) is 3.99. The fourth-order valence-electron chi connectivity index (χ4n) is 7.57. The van der Waals surface area contributed by atoms with E-state index in [1.54, 1.807) is 27.7 Å². The Balaban J connectivity index is 1.35. The van der Waals surface area contributed by atoms with Crippen LogP contribution in [-0.4, -0.2) is 94.6 Å².